The van der Waals surface area contributed by atoms with Crippen molar-refractivity contribution in [3.8, 4) is 5.75 Å². The molecule has 4 aliphatic rings. The summed E-state index contributed by atoms with van der Waals surface area (Å²) in [5.41, 5.74) is 1.10. The Morgan fingerprint density at radius 1 is 1.17 bits per heavy atom. The van der Waals surface area contributed by atoms with Gasteiger partial charge in [-0.3, -0.25) is 24.0 Å². The molecule has 4 amide bonds. The van der Waals surface area contributed by atoms with Crippen LogP contribution in [-0.4, -0.2) is 90.8 Å². The number of nitrogens with zero attached hydrogens (tertiary/aromatic N) is 1. The lowest BCUT2D eigenvalue weighted by Gasteiger charge is -2.29. The molecule has 12 nitrogen and oxygen atoms in total. The number of amides is 4. The predicted octanol–water partition coefficient (Wildman–Crippen LogP) is 0.902. The van der Waals surface area contributed by atoms with Gasteiger partial charge in [-0.1, -0.05) is 12.5 Å². The third-order valence-corrected chi connectivity index (χ3v) is 9.30. The first-order valence-corrected chi connectivity index (χ1v) is 14.8. The van der Waals surface area contributed by atoms with E-state index in [1.54, 1.807) is 18.1 Å². The van der Waals surface area contributed by atoms with Gasteiger partial charge in [-0.05, 0) is 62.1 Å². The fraction of sp³-hybridized carbons (Fsp3) is 0.567. The molecule has 4 N–H and O–H groups in total. The van der Waals surface area contributed by atoms with Gasteiger partial charge in [0, 0.05) is 36.5 Å². The molecule has 0 radical (unpaired) electrons. The van der Waals surface area contributed by atoms with Gasteiger partial charge >= 0.3 is 0 Å². The highest BCUT2D eigenvalue weighted by Gasteiger charge is 2.50. The number of H-pyrrole nitrogens is 1. The molecule has 3 saturated heterocycles. The van der Waals surface area contributed by atoms with Crippen LogP contribution in [0.15, 0.2) is 24.3 Å². The zero-order valence-electron chi connectivity index (χ0n) is 23.6. The van der Waals surface area contributed by atoms with E-state index in [-0.39, 0.29) is 36.1 Å². The average Bonchev–Trinajstić information content (AvgIpc) is 3.81. The van der Waals surface area contributed by atoms with Crippen LogP contribution < -0.4 is 20.7 Å². The molecule has 6 atom stereocenters. The van der Waals surface area contributed by atoms with Crippen LogP contribution in [-0.2, 0) is 23.9 Å². The van der Waals surface area contributed by atoms with Gasteiger partial charge in [-0.25, -0.2) is 0 Å². The Labute approximate surface area is 243 Å². The quantitative estimate of drug-likeness (QED) is 0.321. The Kier molecular flexibility index (Phi) is 7.89. The number of likely N-dealkylation sites (tertiary alicyclic amines) is 1. The first-order chi connectivity index (χ1) is 20.3. The summed E-state index contributed by atoms with van der Waals surface area (Å²) >= 11 is 0. The number of carbonyl (C=O) groups excluding carboxylic acids is 5. The van der Waals surface area contributed by atoms with E-state index in [2.05, 4.69) is 20.9 Å². The van der Waals surface area contributed by atoms with Gasteiger partial charge in [0.25, 0.3) is 11.8 Å². The minimum absolute atomic E-state index is 0.0154. The summed E-state index contributed by atoms with van der Waals surface area (Å²) in [4.78, 5) is 71.4. The molecule has 2 aromatic rings. The molecule has 4 fully saturated rings. The van der Waals surface area contributed by atoms with Crippen LogP contribution in [0.2, 0.25) is 0 Å². The van der Waals surface area contributed by atoms with Crippen LogP contribution in [0.5, 0.6) is 5.75 Å². The lowest BCUT2D eigenvalue weighted by atomic mass is 9.91. The Morgan fingerprint density at radius 3 is 2.76 bits per heavy atom. The van der Waals surface area contributed by atoms with E-state index in [4.69, 9.17) is 9.47 Å². The van der Waals surface area contributed by atoms with Gasteiger partial charge in [-0.15, -0.1) is 0 Å². The zero-order chi connectivity index (χ0) is 29.4. The largest absolute Gasteiger partial charge is 0.496 e. The number of aromatic nitrogens is 1. The van der Waals surface area contributed by atoms with Crippen LogP contribution >= 0.6 is 0 Å². The summed E-state index contributed by atoms with van der Waals surface area (Å²) in [5, 5.41) is 9.04. The average molecular weight is 580 g/mol. The third kappa shape index (κ3) is 5.35. The van der Waals surface area contributed by atoms with Crippen molar-refractivity contribution in [1.29, 1.82) is 0 Å². The SMILES string of the molecule is COc1cccc2[nH]c(C(=O)N3CC4CCCC4C3C(=O)NC(CC3CCNC3=O)C(=O)C(=O)NC3CCOC3)cc12. The highest BCUT2D eigenvalue weighted by atomic mass is 16.5. The normalized spacial score (nSPS) is 27.5. The Balaban J connectivity index is 1.24. The number of hydrogen-bond donors (Lipinski definition) is 4. The van der Waals surface area contributed by atoms with Crippen molar-refractivity contribution in [2.45, 2.75) is 56.7 Å². The molecule has 224 valence electrons. The fourth-order valence-electron chi connectivity index (χ4n) is 7.13. The lowest BCUT2D eigenvalue weighted by Crippen LogP contribution is -2.56. The summed E-state index contributed by atoms with van der Waals surface area (Å²) in [6.45, 7) is 1.73. The minimum Gasteiger partial charge on any atom is -0.496 e. The molecule has 6 unspecified atom stereocenters. The maximum absolute atomic E-state index is 14.0. The second kappa shape index (κ2) is 11.7. The Morgan fingerprint density at radius 2 is 2.02 bits per heavy atom. The lowest BCUT2D eigenvalue weighted by molar-refractivity contribution is -0.141. The van der Waals surface area contributed by atoms with Crippen LogP contribution in [0, 0.1) is 17.8 Å². The molecular weight excluding hydrogens is 542 g/mol. The van der Waals surface area contributed by atoms with E-state index in [1.165, 1.54) is 0 Å². The van der Waals surface area contributed by atoms with Gasteiger partial charge in [-0.2, -0.15) is 0 Å². The van der Waals surface area contributed by atoms with Gasteiger partial charge in [0.2, 0.25) is 17.6 Å². The van der Waals surface area contributed by atoms with Crippen molar-refractivity contribution in [2.24, 2.45) is 17.8 Å². The first kappa shape index (κ1) is 28.2. The van der Waals surface area contributed by atoms with Crippen LogP contribution in [0.1, 0.15) is 49.0 Å². The number of carbonyl (C=O) groups is 5. The van der Waals surface area contributed by atoms with Gasteiger partial charge in [0.1, 0.15) is 17.5 Å². The molecule has 1 aromatic carbocycles. The molecule has 3 aliphatic heterocycles. The number of benzene rings is 1. The van der Waals surface area contributed by atoms with Crippen molar-refractivity contribution in [3.63, 3.8) is 0 Å². The monoisotopic (exact) mass is 579 g/mol. The molecule has 1 saturated carbocycles. The fourth-order valence-corrected chi connectivity index (χ4v) is 7.13. The van der Waals surface area contributed by atoms with E-state index < -0.39 is 35.6 Å². The molecular formula is C30H37N5O7. The van der Waals surface area contributed by atoms with Crippen molar-refractivity contribution in [3.05, 3.63) is 30.0 Å². The molecule has 0 spiro atoms. The number of aromatic amines is 1. The van der Waals surface area contributed by atoms with E-state index in [9.17, 15) is 24.0 Å². The van der Waals surface area contributed by atoms with Gasteiger partial charge < -0.3 is 35.3 Å². The summed E-state index contributed by atoms with van der Waals surface area (Å²) < 4.78 is 10.7. The predicted molar refractivity (Wildman–Crippen MR) is 151 cm³/mol. The number of fused-ring (bicyclic) bond motifs is 2. The summed E-state index contributed by atoms with van der Waals surface area (Å²) in [7, 11) is 1.57. The maximum Gasteiger partial charge on any atom is 0.289 e. The number of nitrogens with one attached hydrogen (secondary N) is 4. The van der Waals surface area contributed by atoms with Gasteiger partial charge in [0.15, 0.2) is 0 Å². The van der Waals surface area contributed by atoms with Gasteiger partial charge in [0.05, 0.1) is 25.8 Å². The van der Waals surface area contributed by atoms with Crippen LogP contribution in [0.4, 0.5) is 0 Å². The second-order valence-corrected chi connectivity index (χ2v) is 11.8. The van der Waals surface area contributed by atoms with Crippen molar-refractivity contribution in [1.82, 2.24) is 25.8 Å². The van der Waals surface area contributed by atoms with Crippen LogP contribution in [0.25, 0.3) is 10.9 Å². The molecule has 4 heterocycles. The number of hydrogen-bond acceptors (Lipinski definition) is 7. The maximum atomic E-state index is 14.0. The molecule has 1 aromatic heterocycles. The molecule has 1 aliphatic carbocycles. The Bertz CT molecular complexity index is 1400. The highest BCUT2D eigenvalue weighted by molar-refractivity contribution is 6.38. The standard InChI is InChI=1S/C30H37N5O7/c1-41-24-7-3-6-21-20(24)13-23(33-21)30(40)35-14-17-4-2-5-19(17)25(35)28(38)34-22(12-16-8-10-31-27(16)37)26(36)29(39)32-18-9-11-42-15-18/h3,6-7,13,16-19,22,25,33H,2,4-5,8-12,14-15H2,1H3,(H,31,37)(H,32,39)(H,34,38). The summed E-state index contributed by atoms with van der Waals surface area (Å²) in [6.07, 6.45) is 3.79. The second-order valence-electron chi connectivity index (χ2n) is 11.8. The topological polar surface area (TPSA) is 159 Å². The van der Waals surface area contributed by atoms with E-state index in [1.807, 2.05) is 18.2 Å². The zero-order valence-corrected chi connectivity index (χ0v) is 23.6. The number of Topliss-reactive ketones (excluding diaryl/α,β-unsaturated/α-hetero) is 1. The van der Waals surface area contributed by atoms with Crippen molar-refractivity contribution in [2.75, 3.05) is 33.4 Å². The summed E-state index contributed by atoms with van der Waals surface area (Å²) in [6, 6.07) is 4.99. The van der Waals surface area contributed by atoms with E-state index >= 15 is 0 Å². The third-order valence-electron chi connectivity index (χ3n) is 9.30. The molecule has 42 heavy (non-hydrogen) atoms. The minimum atomic E-state index is -1.19. The van der Waals surface area contributed by atoms with Crippen molar-refractivity contribution < 1.29 is 33.4 Å². The van der Waals surface area contributed by atoms with E-state index in [0.29, 0.717) is 50.6 Å². The van der Waals surface area contributed by atoms with Crippen molar-refractivity contribution >= 4 is 40.3 Å². The highest BCUT2D eigenvalue weighted by Crippen LogP contribution is 2.43. The molecule has 12 heteroatoms. The first-order valence-electron chi connectivity index (χ1n) is 14.8. The van der Waals surface area contributed by atoms with E-state index in [0.717, 1.165) is 30.2 Å². The summed E-state index contributed by atoms with van der Waals surface area (Å²) in [5.74, 6) is -2.32. The number of methoxy groups -OCH3 is 1. The Hall–Kier alpha value is -3.93. The number of ketones is 1. The smallest absolute Gasteiger partial charge is 0.289 e. The van der Waals surface area contributed by atoms with Crippen LogP contribution in [0.3, 0.4) is 0 Å². The molecule has 6 rings (SSSR count). The number of rotatable bonds is 9. The molecule has 0 bridgehead atoms. The number of ether oxygens (including phenoxy) is 2.